The minimum atomic E-state index is -1.40. The van der Waals surface area contributed by atoms with Crippen molar-refractivity contribution in [2.24, 2.45) is 28.5 Å². The van der Waals surface area contributed by atoms with Gasteiger partial charge in [-0.3, -0.25) is 29.4 Å². The fourth-order valence-electron chi connectivity index (χ4n) is 6.00. The molecule has 0 spiro atoms. The number of nitrogens with two attached hydrogens (primary N) is 2. The summed E-state index contributed by atoms with van der Waals surface area (Å²) in [5.74, 6) is -5.07. The second-order valence-electron chi connectivity index (χ2n) is 14.2. The van der Waals surface area contributed by atoms with Crippen LogP contribution in [0.15, 0.2) is 35.6 Å². The summed E-state index contributed by atoms with van der Waals surface area (Å²) < 4.78 is 5.42. The Morgan fingerprint density at radius 1 is 0.982 bits per heavy atom. The first kappa shape index (κ1) is 45.1. The molecule has 1 aromatic heterocycles. The van der Waals surface area contributed by atoms with Crippen molar-refractivity contribution < 1.29 is 48.9 Å². The van der Waals surface area contributed by atoms with Gasteiger partial charge in [0.05, 0.1) is 12.2 Å². The molecule has 56 heavy (non-hydrogen) atoms. The Morgan fingerprint density at radius 3 is 2.29 bits per heavy atom. The van der Waals surface area contributed by atoms with E-state index in [0.29, 0.717) is 12.0 Å². The number of rotatable bonds is 19. The van der Waals surface area contributed by atoms with Crippen molar-refractivity contribution in [3.63, 3.8) is 0 Å². The molecule has 0 aliphatic carbocycles. The molecule has 2 aromatic rings. The number of hydrogen-bond acceptors (Lipinski definition) is 12. The smallest absolute Gasteiger partial charge is 0.266 e. The van der Waals surface area contributed by atoms with Gasteiger partial charge in [0.25, 0.3) is 12.2 Å². The van der Waals surface area contributed by atoms with Crippen LogP contribution in [0.2, 0.25) is 0 Å². The minimum Gasteiger partial charge on any atom is -0.390 e. The maximum Gasteiger partial charge on any atom is 0.266 e. The number of primary amides is 1. The van der Waals surface area contributed by atoms with Gasteiger partial charge in [-0.1, -0.05) is 57.5 Å². The Balaban J connectivity index is 1.81. The molecular formula is C36H56N10O10. The lowest BCUT2D eigenvalue weighted by Crippen LogP contribution is -2.60. The highest BCUT2D eigenvalue weighted by Crippen LogP contribution is 2.22. The summed E-state index contributed by atoms with van der Waals surface area (Å²) in [4.78, 5) is 74.9. The number of nitrogens with zero attached hydrogens (tertiary/aromatic N) is 1. The number of H-pyrrole nitrogens is 1. The number of aliphatic hydroxyl groups excluding tert-OH is 3. The normalized spacial score (nSPS) is 22.6. The van der Waals surface area contributed by atoms with E-state index in [2.05, 4.69) is 36.7 Å². The monoisotopic (exact) mass is 788 g/mol. The number of oxime groups is 1. The van der Waals surface area contributed by atoms with Gasteiger partial charge in [0.15, 0.2) is 5.96 Å². The molecule has 20 heteroatoms. The fraction of sp³-hybridized carbons (Fsp3) is 0.583. The van der Waals surface area contributed by atoms with Crippen molar-refractivity contribution in [3.8, 4) is 0 Å². The predicted octanol–water partition coefficient (Wildman–Crippen LogP) is -2.07. The molecule has 1 aliphatic heterocycles. The number of guanidine groups is 1. The van der Waals surface area contributed by atoms with Crippen LogP contribution in [-0.2, 0) is 40.0 Å². The number of fused-ring (bicyclic) bond motifs is 1. The number of aromatic nitrogens is 1. The molecule has 3 rings (SSSR count). The lowest BCUT2D eigenvalue weighted by atomic mass is 9.96. The van der Waals surface area contributed by atoms with E-state index >= 15 is 0 Å². The van der Waals surface area contributed by atoms with E-state index in [4.69, 9.17) is 26.5 Å². The van der Waals surface area contributed by atoms with Crippen LogP contribution >= 0.6 is 0 Å². The van der Waals surface area contributed by atoms with Gasteiger partial charge in [-0.25, -0.2) is 0 Å². The van der Waals surface area contributed by atoms with E-state index < -0.39 is 96.2 Å². The number of nitrogens with one attached hydrogen (secondary N) is 7. The van der Waals surface area contributed by atoms with Crippen molar-refractivity contribution in [1.82, 2.24) is 31.6 Å². The largest absolute Gasteiger partial charge is 0.390 e. The number of carbonyl (C=O) groups excluding carboxylic acids is 5. The summed E-state index contributed by atoms with van der Waals surface area (Å²) in [5, 5.41) is 55.2. The SMILES string of the molecule is CCC(C)[C@H](NC(=O)/C=N/O[C@@H]1OC(C)[C@H](O)C(O)CC1O)C(=O)NC(Cc1c[nH]c2ccccc12)C(=O)N[C@H](C(=O)NC(CCNC(=N)N)C(N)=O)C(C)C. The molecule has 6 unspecified atom stereocenters. The zero-order chi connectivity index (χ0) is 41.7. The van der Waals surface area contributed by atoms with E-state index in [0.717, 1.165) is 17.1 Å². The molecule has 10 atom stereocenters. The molecule has 0 radical (unpaired) electrons. The number of para-hydroxylation sites is 1. The standard InChI is InChI=1S/C36H56N10O10/c1-6-18(4)29(45-27(49)16-42-56-35-26(48)14-25(47)30(50)19(5)55-35)34(54)44-24(13-20-15-41-22-10-8-7-9-21(20)22)32(52)46-28(17(2)3)33(53)43-23(31(37)51)11-12-40-36(38)39/h7-10,15-19,23-26,28-30,35,41,47-48,50H,6,11-14H2,1-5H3,(H2,37,51)(H,43,53)(H,44,54)(H,45,49)(H,46,52)(H4,38,39,40)/b42-16+/t18?,19?,23?,24?,25?,26?,28-,29-,30-,35-/m0/s1. The molecule has 1 fully saturated rings. The Morgan fingerprint density at radius 2 is 1.64 bits per heavy atom. The first-order valence-corrected chi connectivity index (χ1v) is 18.5. The average molecular weight is 789 g/mol. The van der Waals surface area contributed by atoms with Gasteiger partial charge in [-0.2, -0.15) is 0 Å². The third-order valence-electron chi connectivity index (χ3n) is 9.54. The molecule has 1 saturated heterocycles. The summed E-state index contributed by atoms with van der Waals surface area (Å²) in [7, 11) is 0. The van der Waals surface area contributed by atoms with Crippen molar-refractivity contribution >= 4 is 52.6 Å². The van der Waals surface area contributed by atoms with Crippen molar-refractivity contribution in [2.75, 3.05) is 6.54 Å². The molecule has 14 N–H and O–H groups in total. The Bertz CT molecular complexity index is 1700. The summed E-state index contributed by atoms with van der Waals surface area (Å²) in [6.07, 6.45) is -3.63. The number of benzene rings is 1. The zero-order valence-electron chi connectivity index (χ0n) is 32.2. The highest BCUT2D eigenvalue weighted by Gasteiger charge is 2.38. The van der Waals surface area contributed by atoms with Crippen molar-refractivity contribution in [2.45, 2.75) is 115 Å². The van der Waals surface area contributed by atoms with Gasteiger partial charge >= 0.3 is 0 Å². The maximum absolute atomic E-state index is 14.1. The first-order chi connectivity index (χ1) is 26.4. The molecular weight excluding hydrogens is 732 g/mol. The van der Waals surface area contributed by atoms with Crippen LogP contribution in [0, 0.1) is 17.2 Å². The average Bonchev–Trinajstić information content (AvgIpc) is 3.52. The van der Waals surface area contributed by atoms with E-state index in [9.17, 15) is 39.3 Å². The number of amides is 5. The Labute approximate surface area is 324 Å². The summed E-state index contributed by atoms with van der Waals surface area (Å²) in [6.45, 7) is 8.44. The van der Waals surface area contributed by atoms with Gasteiger partial charge in [0.1, 0.15) is 42.6 Å². The third-order valence-corrected chi connectivity index (χ3v) is 9.54. The quantitative estimate of drug-likeness (QED) is 0.0415. The van der Waals surface area contributed by atoms with E-state index in [1.165, 1.54) is 6.92 Å². The van der Waals surface area contributed by atoms with Gasteiger partial charge in [-0.05, 0) is 36.8 Å². The molecule has 5 amide bonds. The number of carbonyl (C=O) groups is 5. The van der Waals surface area contributed by atoms with E-state index in [1.54, 1.807) is 33.9 Å². The van der Waals surface area contributed by atoms with Crippen LogP contribution in [0.3, 0.4) is 0 Å². The highest BCUT2D eigenvalue weighted by atomic mass is 16.8. The van der Waals surface area contributed by atoms with Crippen LogP contribution in [0.4, 0.5) is 0 Å². The van der Waals surface area contributed by atoms with E-state index in [1.807, 2.05) is 24.3 Å². The Kier molecular flexibility index (Phi) is 17.0. The maximum atomic E-state index is 14.1. The minimum absolute atomic E-state index is 0.0159. The van der Waals surface area contributed by atoms with Crippen LogP contribution in [-0.4, -0.2) is 123 Å². The van der Waals surface area contributed by atoms with Gasteiger partial charge < -0.3 is 67.9 Å². The van der Waals surface area contributed by atoms with Gasteiger partial charge in [-0.15, -0.1) is 0 Å². The molecule has 1 aromatic carbocycles. The molecule has 310 valence electrons. The van der Waals surface area contributed by atoms with Gasteiger partial charge in [0.2, 0.25) is 23.6 Å². The molecule has 0 saturated carbocycles. The van der Waals surface area contributed by atoms with Crippen molar-refractivity contribution in [3.05, 3.63) is 36.0 Å². The summed E-state index contributed by atoms with van der Waals surface area (Å²) >= 11 is 0. The molecule has 20 nitrogen and oxygen atoms in total. The van der Waals surface area contributed by atoms with Crippen LogP contribution in [0.5, 0.6) is 0 Å². The molecule has 1 aliphatic rings. The number of aliphatic hydroxyl groups is 3. The van der Waals surface area contributed by atoms with Crippen LogP contribution in [0.1, 0.15) is 59.4 Å². The second kappa shape index (κ2) is 21.1. The summed E-state index contributed by atoms with van der Waals surface area (Å²) in [6, 6.07) is 2.62. The second-order valence-corrected chi connectivity index (χ2v) is 14.2. The van der Waals surface area contributed by atoms with Crippen LogP contribution in [0.25, 0.3) is 10.9 Å². The van der Waals surface area contributed by atoms with E-state index in [-0.39, 0.29) is 31.8 Å². The number of aromatic amines is 1. The number of ether oxygens (including phenoxy) is 1. The molecule has 2 heterocycles. The Hall–Kier alpha value is -5.31. The lowest BCUT2D eigenvalue weighted by Gasteiger charge is -2.29. The fourth-order valence-corrected chi connectivity index (χ4v) is 6.00. The number of hydrogen-bond donors (Lipinski definition) is 12. The highest BCUT2D eigenvalue weighted by molar-refractivity contribution is 6.26. The first-order valence-electron chi connectivity index (χ1n) is 18.5. The molecule has 0 bridgehead atoms. The lowest BCUT2D eigenvalue weighted by molar-refractivity contribution is -0.215. The predicted molar refractivity (Wildman–Crippen MR) is 204 cm³/mol. The third kappa shape index (κ3) is 12.9. The van der Waals surface area contributed by atoms with Crippen molar-refractivity contribution in [1.29, 1.82) is 5.41 Å². The van der Waals surface area contributed by atoms with Gasteiger partial charge in [0, 0.05) is 36.5 Å². The summed E-state index contributed by atoms with van der Waals surface area (Å²) in [5.41, 5.74) is 12.3. The zero-order valence-corrected chi connectivity index (χ0v) is 32.2. The topological polar surface area (TPSA) is 329 Å². The van der Waals surface area contributed by atoms with Crippen LogP contribution < -0.4 is 38.1 Å².